The van der Waals surface area contributed by atoms with Crippen LogP contribution in [0.25, 0.3) is 0 Å². The summed E-state index contributed by atoms with van der Waals surface area (Å²) in [5, 5.41) is 0. The minimum Gasteiger partial charge on any atom is -0.332 e. The van der Waals surface area contributed by atoms with Gasteiger partial charge in [-0.25, -0.2) is 0 Å². The van der Waals surface area contributed by atoms with Crippen molar-refractivity contribution in [3.8, 4) is 0 Å². The molecule has 2 aromatic carbocycles. The maximum Gasteiger partial charge on any atom is 0.243 e. The topological polar surface area (TPSA) is 57.7 Å². The number of rotatable bonds is 6. The Labute approximate surface area is 176 Å². The van der Waals surface area contributed by atoms with Crippen molar-refractivity contribution < 1.29 is 14.4 Å². The Morgan fingerprint density at radius 3 is 1.73 bits per heavy atom. The van der Waals surface area contributed by atoms with Crippen LogP contribution in [-0.4, -0.2) is 34.1 Å². The van der Waals surface area contributed by atoms with Crippen LogP contribution >= 0.6 is 0 Å². The van der Waals surface area contributed by atoms with Crippen LogP contribution in [-0.2, 0) is 27.5 Å². The second-order valence-corrected chi connectivity index (χ2v) is 8.48. The third-order valence-corrected chi connectivity index (χ3v) is 6.64. The SMILES string of the molecule is O=C(CN1C(=O)C2C3C=CC(C3)C2C1=O)N(Cc1ccccc1)Cc1ccccc1. The maximum absolute atomic E-state index is 13.3. The van der Waals surface area contributed by atoms with Gasteiger partial charge >= 0.3 is 0 Å². The lowest BCUT2D eigenvalue weighted by molar-refractivity contribution is -0.147. The van der Waals surface area contributed by atoms with Gasteiger partial charge < -0.3 is 4.90 Å². The molecule has 5 nitrogen and oxygen atoms in total. The summed E-state index contributed by atoms with van der Waals surface area (Å²) in [7, 11) is 0. The van der Waals surface area contributed by atoms with Crippen molar-refractivity contribution in [3.63, 3.8) is 0 Å². The van der Waals surface area contributed by atoms with Gasteiger partial charge in [0.05, 0.1) is 11.8 Å². The molecule has 5 heteroatoms. The number of nitrogens with zero attached hydrogens (tertiary/aromatic N) is 2. The average molecular weight is 400 g/mol. The summed E-state index contributed by atoms with van der Waals surface area (Å²) in [5.74, 6) is -0.773. The molecule has 3 amide bonds. The van der Waals surface area contributed by atoms with Crippen molar-refractivity contribution in [1.29, 1.82) is 0 Å². The number of imide groups is 1. The number of carbonyl (C=O) groups excluding carboxylic acids is 3. The van der Waals surface area contributed by atoms with Crippen LogP contribution in [0.1, 0.15) is 17.5 Å². The highest BCUT2D eigenvalue weighted by Crippen LogP contribution is 2.52. The van der Waals surface area contributed by atoms with Crippen molar-refractivity contribution >= 4 is 17.7 Å². The van der Waals surface area contributed by atoms with Gasteiger partial charge in [0.15, 0.2) is 0 Å². The Bertz CT molecular complexity index is 930. The Morgan fingerprint density at radius 2 is 1.27 bits per heavy atom. The van der Waals surface area contributed by atoms with Crippen LogP contribution in [0.2, 0.25) is 0 Å². The highest BCUT2D eigenvalue weighted by molar-refractivity contribution is 6.08. The van der Waals surface area contributed by atoms with Crippen LogP contribution in [0.15, 0.2) is 72.8 Å². The summed E-state index contributed by atoms with van der Waals surface area (Å²) in [6.45, 7) is 0.693. The first-order valence-electron chi connectivity index (χ1n) is 10.5. The fraction of sp³-hybridized carbons (Fsp3) is 0.320. The van der Waals surface area contributed by atoms with E-state index < -0.39 is 0 Å². The highest BCUT2D eigenvalue weighted by Gasteiger charge is 2.59. The average Bonchev–Trinajstić information content (AvgIpc) is 3.45. The van der Waals surface area contributed by atoms with E-state index in [2.05, 4.69) is 12.2 Å². The van der Waals surface area contributed by atoms with E-state index in [1.165, 1.54) is 4.90 Å². The van der Waals surface area contributed by atoms with Gasteiger partial charge in [-0.2, -0.15) is 0 Å². The van der Waals surface area contributed by atoms with E-state index in [-0.39, 0.29) is 47.9 Å². The number of fused-ring (bicyclic) bond motifs is 5. The molecule has 2 bridgehead atoms. The van der Waals surface area contributed by atoms with Gasteiger partial charge in [-0.3, -0.25) is 19.3 Å². The van der Waals surface area contributed by atoms with E-state index in [1.54, 1.807) is 4.90 Å². The summed E-state index contributed by atoms with van der Waals surface area (Å²) in [6.07, 6.45) is 5.03. The van der Waals surface area contributed by atoms with E-state index in [0.717, 1.165) is 17.5 Å². The van der Waals surface area contributed by atoms with Crippen LogP contribution < -0.4 is 0 Å². The van der Waals surface area contributed by atoms with Crippen LogP contribution in [0, 0.1) is 23.7 Å². The number of benzene rings is 2. The molecule has 1 saturated carbocycles. The fourth-order valence-electron chi connectivity index (χ4n) is 5.20. The molecule has 4 unspecified atom stereocenters. The molecule has 0 aromatic heterocycles. The van der Waals surface area contributed by atoms with Crippen molar-refractivity contribution in [1.82, 2.24) is 9.80 Å². The highest BCUT2D eigenvalue weighted by atomic mass is 16.2. The molecule has 0 radical (unpaired) electrons. The molecule has 0 N–H and O–H groups in total. The molecule has 5 rings (SSSR count). The first-order chi connectivity index (χ1) is 14.6. The van der Waals surface area contributed by atoms with Gasteiger partial charge in [-0.15, -0.1) is 0 Å². The van der Waals surface area contributed by atoms with Gasteiger partial charge in [0.1, 0.15) is 6.54 Å². The number of hydrogen-bond acceptors (Lipinski definition) is 3. The zero-order chi connectivity index (χ0) is 20.7. The number of hydrogen-bond donors (Lipinski definition) is 0. The second-order valence-electron chi connectivity index (χ2n) is 8.48. The van der Waals surface area contributed by atoms with Crippen LogP contribution in [0.5, 0.6) is 0 Å². The lowest BCUT2D eigenvalue weighted by Gasteiger charge is -2.26. The zero-order valence-electron chi connectivity index (χ0n) is 16.7. The summed E-state index contributed by atoms with van der Waals surface area (Å²) in [4.78, 5) is 42.1. The molecule has 1 heterocycles. The van der Waals surface area contributed by atoms with Crippen LogP contribution in [0.3, 0.4) is 0 Å². The largest absolute Gasteiger partial charge is 0.332 e. The summed E-state index contributed by atoms with van der Waals surface area (Å²) >= 11 is 0. The molecule has 2 aliphatic carbocycles. The lowest BCUT2D eigenvalue weighted by Crippen LogP contribution is -2.43. The molecular formula is C25H24N2O3. The minimum atomic E-state index is -0.267. The van der Waals surface area contributed by atoms with Gasteiger partial charge in [0, 0.05) is 13.1 Å². The van der Waals surface area contributed by atoms with Crippen molar-refractivity contribution in [2.75, 3.05) is 6.54 Å². The van der Waals surface area contributed by atoms with Crippen molar-refractivity contribution in [2.45, 2.75) is 19.5 Å². The van der Waals surface area contributed by atoms with Gasteiger partial charge in [-0.1, -0.05) is 72.8 Å². The Kier molecular flexibility index (Phi) is 4.74. The minimum absolute atomic E-state index is 0.154. The third-order valence-electron chi connectivity index (χ3n) is 6.64. The Balaban J connectivity index is 1.34. The quantitative estimate of drug-likeness (QED) is 0.553. The maximum atomic E-state index is 13.3. The molecule has 30 heavy (non-hydrogen) atoms. The van der Waals surface area contributed by atoms with Crippen LogP contribution in [0.4, 0.5) is 0 Å². The molecule has 4 atom stereocenters. The Hall–Kier alpha value is -3.21. The predicted molar refractivity (Wildman–Crippen MR) is 112 cm³/mol. The number of carbonyl (C=O) groups is 3. The number of amides is 3. The predicted octanol–water partition coefficient (Wildman–Crippen LogP) is 3.02. The number of likely N-dealkylation sites (tertiary alicyclic amines) is 1. The standard InChI is InChI=1S/C25H24N2O3/c28-21(16-27-24(29)22-19-11-12-20(13-19)23(22)25(27)30)26(14-17-7-3-1-4-8-17)15-18-9-5-2-6-10-18/h1-12,19-20,22-23H,13-16H2. The monoisotopic (exact) mass is 400 g/mol. The van der Waals surface area contributed by atoms with Gasteiger partial charge in [0.2, 0.25) is 17.7 Å². The molecular weight excluding hydrogens is 376 g/mol. The first kappa shape index (κ1) is 18.8. The summed E-state index contributed by atoms with van der Waals surface area (Å²) in [5.41, 5.74) is 2.03. The smallest absolute Gasteiger partial charge is 0.243 e. The molecule has 1 saturated heterocycles. The van der Waals surface area contributed by atoms with E-state index >= 15 is 0 Å². The van der Waals surface area contributed by atoms with Gasteiger partial charge in [0.25, 0.3) is 0 Å². The summed E-state index contributed by atoms with van der Waals surface area (Å²) in [6, 6.07) is 19.6. The molecule has 2 fully saturated rings. The molecule has 3 aliphatic rings. The fourth-order valence-corrected chi connectivity index (χ4v) is 5.20. The van der Waals surface area contributed by atoms with E-state index in [9.17, 15) is 14.4 Å². The molecule has 152 valence electrons. The lowest BCUT2D eigenvalue weighted by atomic mass is 9.85. The second kappa shape index (κ2) is 7.56. The molecule has 2 aromatic rings. The zero-order valence-corrected chi connectivity index (χ0v) is 16.7. The summed E-state index contributed by atoms with van der Waals surface area (Å²) < 4.78 is 0. The van der Waals surface area contributed by atoms with Crippen molar-refractivity contribution in [2.24, 2.45) is 23.7 Å². The number of allylic oxidation sites excluding steroid dienone is 2. The Morgan fingerprint density at radius 1 is 0.800 bits per heavy atom. The molecule has 0 spiro atoms. The first-order valence-corrected chi connectivity index (χ1v) is 10.5. The van der Waals surface area contributed by atoms with Crippen molar-refractivity contribution in [3.05, 3.63) is 83.9 Å². The molecule has 1 aliphatic heterocycles. The normalized spacial score (nSPS) is 26.3. The van der Waals surface area contributed by atoms with E-state index in [0.29, 0.717) is 13.1 Å². The van der Waals surface area contributed by atoms with E-state index in [4.69, 9.17) is 0 Å². The third kappa shape index (κ3) is 3.24. The van der Waals surface area contributed by atoms with E-state index in [1.807, 2.05) is 60.7 Å². The van der Waals surface area contributed by atoms with Gasteiger partial charge in [-0.05, 0) is 29.4 Å².